The molecule has 1 atom stereocenters. The number of nitrogens with zero attached hydrogens (tertiary/aromatic N) is 4. The largest absolute Gasteiger partial charge is 0.370 e. The molecule has 26 heavy (non-hydrogen) atoms. The summed E-state index contributed by atoms with van der Waals surface area (Å²) in [6.45, 7) is 4.17. The fourth-order valence-corrected chi connectivity index (χ4v) is 5.02. The van der Waals surface area contributed by atoms with E-state index in [1.165, 1.54) is 4.88 Å². The molecule has 1 unspecified atom stereocenters. The van der Waals surface area contributed by atoms with Crippen LogP contribution in [0.2, 0.25) is 0 Å². The SMILES string of the molecule is c1csc(CN2CCC(n3c(C4CCCO4)nc4cccnc43)CC2)c1. The van der Waals surface area contributed by atoms with E-state index in [0.717, 1.165) is 68.9 Å². The van der Waals surface area contributed by atoms with E-state index in [-0.39, 0.29) is 6.10 Å². The van der Waals surface area contributed by atoms with Crippen LogP contribution in [0, 0.1) is 0 Å². The summed E-state index contributed by atoms with van der Waals surface area (Å²) in [5.74, 6) is 1.09. The molecule has 6 heteroatoms. The molecule has 2 saturated heterocycles. The number of hydrogen-bond acceptors (Lipinski definition) is 5. The van der Waals surface area contributed by atoms with E-state index in [2.05, 4.69) is 38.0 Å². The minimum atomic E-state index is 0.133. The fourth-order valence-electron chi connectivity index (χ4n) is 4.27. The molecule has 0 aromatic carbocycles. The van der Waals surface area contributed by atoms with Crippen molar-refractivity contribution < 1.29 is 4.74 Å². The smallest absolute Gasteiger partial charge is 0.160 e. The van der Waals surface area contributed by atoms with Gasteiger partial charge in [-0.3, -0.25) is 4.90 Å². The van der Waals surface area contributed by atoms with Crippen LogP contribution in [0.1, 0.15) is 48.5 Å². The zero-order chi connectivity index (χ0) is 17.3. The zero-order valence-electron chi connectivity index (χ0n) is 14.9. The highest BCUT2D eigenvalue weighted by molar-refractivity contribution is 7.09. The minimum Gasteiger partial charge on any atom is -0.370 e. The van der Waals surface area contributed by atoms with Crippen LogP contribution in [0.3, 0.4) is 0 Å². The Morgan fingerprint density at radius 1 is 1.15 bits per heavy atom. The Balaban J connectivity index is 1.39. The van der Waals surface area contributed by atoms with Crippen LogP contribution in [-0.2, 0) is 11.3 Å². The molecule has 0 N–H and O–H groups in total. The summed E-state index contributed by atoms with van der Waals surface area (Å²) < 4.78 is 8.37. The Morgan fingerprint density at radius 3 is 2.85 bits per heavy atom. The van der Waals surface area contributed by atoms with Gasteiger partial charge in [-0.15, -0.1) is 11.3 Å². The lowest BCUT2D eigenvalue weighted by atomic mass is 10.0. The monoisotopic (exact) mass is 368 g/mol. The molecule has 3 aromatic heterocycles. The van der Waals surface area contributed by atoms with Gasteiger partial charge in [-0.25, -0.2) is 9.97 Å². The van der Waals surface area contributed by atoms with E-state index in [4.69, 9.17) is 9.72 Å². The molecule has 0 radical (unpaired) electrons. The van der Waals surface area contributed by atoms with Gasteiger partial charge in [0.25, 0.3) is 0 Å². The minimum absolute atomic E-state index is 0.133. The van der Waals surface area contributed by atoms with Gasteiger partial charge in [-0.05, 0) is 49.3 Å². The molecule has 0 spiro atoms. The number of piperidine rings is 1. The first-order chi connectivity index (χ1) is 12.9. The van der Waals surface area contributed by atoms with Crippen LogP contribution in [0.5, 0.6) is 0 Å². The summed E-state index contributed by atoms with van der Waals surface area (Å²) in [6, 6.07) is 8.89. The van der Waals surface area contributed by atoms with Crippen LogP contribution < -0.4 is 0 Å². The van der Waals surface area contributed by atoms with Gasteiger partial charge in [0.05, 0.1) is 0 Å². The van der Waals surface area contributed by atoms with E-state index in [1.807, 2.05) is 23.6 Å². The van der Waals surface area contributed by atoms with Crippen molar-refractivity contribution in [1.82, 2.24) is 19.4 Å². The maximum absolute atomic E-state index is 5.97. The van der Waals surface area contributed by atoms with Crippen molar-refractivity contribution in [3.8, 4) is 0 Å². The summed E-state index contributed by atoms with van der Waals surface area (Å²) in [4.78, 5) is 13.6. The first-order valence-corrected chi connectivity index (χ1v) is 10.5. The van der Waals surface area contributed by atoms with Crippen molar-refractivity contribution in [1.29, 1.82) is 0 Å². The van der Waals surface area contributed by atoms with Gasteiger partial charge >= 0.3 is 0 Å². The molecule has 5 heterocycles. The van der Waals surface area contributed by atoms with Crippen LogP contribution in [-0.4, -0.2) is 39.1 Å². The van der Waals surface area contributed by atoms with E-state index < -0.39 is 0 Å². The fraction of sp³-hybridized carbons (Fsp3) is 0.500. The van der Waals surface area contributed by atoms with Gasteiger partial charge < -0.3 is 9.30 Å². The zero-order valence-corrected chi connectivity index (χ0v) is 15.7. The number of hydrogen-bond donors (Lipinski definition) is 0. The van der Waals surface area contributed by atoms with E-state index in [0.29, 0.717) is 6.04 Å². The normalized spacial score (nSPS) is 22.4. The summed E-state index contributed by atoms with van der Waals surface area (Å²) in [6.07, 6.45) is 6.50. The summed E-state index contributed by atoms with van der Waals surface area (Å²) >= 11 is 1.85. The number of aromatic nitrogens is 3. The highest BCUT2D eigenvalue weighted by Crippen LogP contribution is 2.35. The van der Waals surface area contributed by atoms with Crippen molar-refractivity contribution >= 4 is 22.5 Å². The van der Waals surface area contributed by atoms with Crippen LogP contribution in [0.25, 0.3) is 11.2 Å². The van der Waals surface area contributed by atoms with Crippen molar-refractivity contribution in [2.75, 3.05) is 19.7 Å². The topological polar surface area (TPSA) is 43.2 Å². The third-order valence-electron chi connectivity index (χ3n) is 5.58. The molecule has 5 nitrogen and oxygen atoms in total. The Labute approximate surface area is 157 Å². The third-order valence-corrected chi connectivity index (χ3v) is 6.44. The number of thiophene rings is 1. The molecule has 0 aliphatic carbocycles. The number of fused-ring (bicyclic) bond motifs is 1. The average Bonchev–Trinajstić information content (AvgIpc) is 3.43. The molecule has 3 aromatic rings. The molecule has 2 aliphatic rings. The quantitative estimate of drug-likeness (QED) is 0.693. The molecule has 5 rings (SSSR count). The third kappa shape index (κ3) is 3.06. The van der Waals surface area contributed by atoms with Crippen molar-refractivity contribution in [2.45, 2.75) is 44.4 Å². The van der Waals surface area contributed by atoms with Crippen LogP contribution in [0.4, 0.5) is 0 Å². The summed E-state index contributed by atoms with van der Waals surface area (Å²) in [5.41, 5.74) is 2.02. The van der Waals surface area contributed by atoms with Gasteiger partial charge in [0, 0.05) is 43.4 Å². The Morgan fingerprint density at radius 2 is 2.08 bits per heavy atom. The number of pyridine rings is 1. The molecule has 0 saturated carbocycles. The predicted molar refractivity (Wildman–Crippen MR) is 103 cm³/mol. The Hall–Kier alpha value is -1.76. The molecule has 136 valence electrons. The first-order valence-electron chi connectivity index (χ1n) is 9.57. The van der Waals surface area contributed by atoms with Crippen LogP contribution >= 0.6 is 11.3 Å². The van der Waals surface area contributed by atoms with E-state index in [1.54, 1.807) is 0 Å². The lowest BCUT2D eigenvalue weighted by Gasteiger charge is -2.33. The van der Waals surface area contributed by atoms with Gasteiger partial charge in [-0.2, -0.15) is 0 Å². The Kier molecular flexibility index (Phi) is 4.48. The summed E-state index contributed by atoms with van der Waals surface area (Å²) in [5, 5.41) is 2.17. The lowest BCUT2D eigenvalue weighted by Crippen LogP contribution is -2.34. The highest BCUT2D eigenvalue weighted by Gasteiger charge is 2.30. The van der Waals surface area contributed by atoms with Gasteiger partial charge in [0.1, 0.15) is 17.4 Å². The lowest BCUT2D eigenvalue weighted by molar-refractivity contribution is 0.0971. The molecular weight excluding hydrogens is 344 g/mol. The van der Waals surface area contributed by atoms with Crippen molar-refractivity contribution in [2.24, 2.45) is 0 Å². The van der Waals surface area contributed by atoms with E-state index >= 15 is 0 Å². The van der Waals surface area contributed by atoms with E-state index in [9.17, 15) is 0 Å². The molecule has 2 aliphatic heterocycles. The van der Waals surface area contributed by atoms with Gasteiger partial charge in [-0.1, -0.05) is 6.07 Å². The first kappa shape index (κ1) is 16.4. The predicted octanol–water partition coefficient (Wildman–Crippen LogP) is 4.18. The maximum atomic E-state index is 5.97. The molecule has 0 bridgehead atoms. The van der Waals surface area contributed by atoms with Gasteiger partial charge in [0.2, 0.25) is 0 Å². The molecule has 2 fully saturated rings. The standard InChI is InChI=1S/C20H24N4OS/c1-5-17-19(21-9-1)24(20(22-17)18-6-2-12-25-18)15-7-10-23(11-8-15)14-16-4-3-13-26-16/h1,3-5,9,13,15,18H,2,6-8,10-12,14H2. The average molecular weight is 369 g/mol. The number of rotatable bonds is 4. The second-order valence-electron chi connectivity index (χ2n) is 7.27. The Bertz CT molecular complexity index is 861. The second kappa shape index (κ2) is 7.10. The molecular formula is C20H24N4OS. The summed E-state index contributed by atoms with van der Waals surface area (Å²) in [7, 11) is 0. The highest BCUT2D eigenvalue weighted by atomic mass is 32.1. The van der Waals surface area contributed by atoms with Crippen molar-refractivity contribution in [3.05, 3.63) is 46.5 Å². The van der Waals surface area contributed by atoms with Crippen molar-refractivity contribution in [3.63, 3.8) is 0 Å². The number of likely N-dealkylation sites (tertiary alicyclic amines) is 1. The second-order valence-corrected chi connectivity index (χ2v) is 8.31. The number of ether oxygens (including phenoxy) is 1. The van der Waals surface area contributed by atoms with Crippen LogP contribution in [0.15, 0.2) is 35.8 Å². The number of imidazole rings is 1. The van der Waals surface area contributed by atoms with Gasteiger partial charge in [0.15, 0.2) is 5.65 Å². The molecule has 0 amide bonds. The maximum Gasteiger partial charge on any atom is 0.160 e.